The summed E-state index contributed by atoms with van der Waals surface area (Å²) in [5, 5.41) is 7.50. The second-order valence-corrected chi connectivity index (χ2v) is 4.99. The third kappa shape index (κ3) is 2.62. The lowest BCUT2D eigenvalue weighted by Gasteiger charge is -2.40. The lowest BCUT2D eigenvalue weighted by Crippen LogP contribution is -2.57. The van der Waals surface area contributed by atoms with Crippen molar-refractivity contribution in [1.29, 1.82) is 0 Å². The molecule has 1 aliphatic heterocycles. The minimum Gasteiger partial charge on any atom is -0.360 e. The molecule has 0 spiro atoms. The second kappa shape index (κ2) is 4.55. The fourth-order valence-corrected chi connectivity index (χ4v) is 2.23. The molecule has 0 aliphatic carbocycles. The zero-order valence-corrected chi connectivity index (χ0v) is 10.4. The molecule has 16 heavy (non-hydrogen) atoms. The third-order valence-electron chi connectivity index (χ3n) is 3.39. The number of nitrogens with zero attached hydrogens (tertiary/aromatic N) is 2. The monoisotopic (exact) mass is 223 g/mol. The van der Waals surface area contributed by atoms with Gasteiger partial charge in [-0.05, 0) is 20.3 Å². The van der Waals surface area contributed by atoms with Crippen molar-refractivity contribution in [2.24, 2.45) is 0 Å². The predicted molar refractivity (Wildman–Crippen MR) is 63.2 cm³/mol. The number of hydrogen-bond donors (Lipinski definition) is 1. The van der Waals surface area contributed by atoms with Gasteiger partial charge in [-0.15, -0.1) is 0 Å². The fourth-order valence-electron chi connectivity index (χ4n) is 2.23. The molecular weight excluding hydrogens is 202 g/mol. The average molecular weight is 223 g/mol. The summed E-state index contributed by atoms with van der Waals surface area (Å²) in [5.41, 5.74) is 1.20. The van der Waals surface area contributed by atoms with E-state index in [2.05, 4.69) is 29.2 Å². The van der Waals surface area contributed by atoms with Crippen LogP contribution in [0.15, 0.2) is 10.6 Å². The zero-order chi connectivity index (χ0) is 11.6. The van der Waals surface area contributed by atoms with Crippen molar-refractivity contribution < 1.29 is 4.52 Å². The van der Waals surface area contributed by atoms with Crippen LogP contribution in [-0.4, -0.2) is 35.2 Å². The summed E-state index contributed by atoms with van der Waals surface area (Å²) in [6.45, 7) is 10.6. The van der Waals surface area contributed by atoms with Crippen molar-refractivity contribution in [3.63, 3.8) is 0 Å². The van der Waals surface area contributed by atoms with Crippen molar-refractivity contribution >= 4 is 0 Å². The van der Waals surface area contributed by atoms with Gasteiger partial charge in [0.25, 0.3) is 0 Å². The Morgan fingerprint density at radius 3 is 3.06 bits per heavy atom. The van der Waals surface area contributed by atoms with Gasteiger partial charge < -0.3 is 9.84 Å². The van der Waals surface area contributed by atoms with E-state index in [4.69, 9.17) is 4.52 Å². The quantitative estimate of drug-likeness (QED) is 0.844. The van der Waals surface area contributed by atoms with E-state index in [0.29, 0.717) is 0 Å². The minimum atomic E-state index is 0.243. The van der Waals surface area contributed by atoms with Crippen LogP contribution in [-0.2, 0) is 6.54 Å². The van der Waals surface area contributed by atoms with E-state index in [1.165, 1.54) is 0 Å². The lowest BCUT2D eigenvalue weighted by molar-refractivity contribution is 0.123. The van der Waals surface area contributed by atoms with Crippen LogP contribution in [0.5, 0.6) is 0 Å². The standard InChI is InChI=1S/C12H21N3O/c1-4-12(3)9-15(6-5-13-12)8-11-7-10(2)14-16-11/h7,13H,4-6,8-9H2,1-3H3. The van der Waals surface area contributed by atoms with E-state index in [1.54, 1.807) is 0 Å². The molecule has 1 saturated heterocycles. The first-order valence-electron chi connectivity index (χ1n) is 6.01. The Kier molecular flexibility index (Phi) is 3.30. The summed E-state index contributed by atoms with van der Waals surface area (Å²) >= 11 is 0. The van der Waals surface area contributed by atoms with Gasteiger partial charge in [-0.1, -0.05) is 12.1 Å². The van der Waals surface area contributed by atoms with Gasteiger partial charge in [0, 0.05) is 31.2 Å². The lowest BCUT2D eigenvalue weighted by atomic mass is 9.96. The van der Waals surface area contributed by atoms with Crippen LogP contribution in [0, 0.1) is 6.92 Å². The van der Waals surface area contributed by atoms with Crippen molar-refractivity contribution in [3.05, 3.63) is 17.5 Å². The number of aromatic nitrogens is 1. The first-order valence-corrected chi connectivity index (χ1v) is 6.01. The molecule has 1 fully saturated rings. The van der Waals surface area contributed by atoms with Crippen LogP contribution in [0.1, 0.15) is 31.7 Å². The number of piperazine rings is 1. The Hall–Kier alpha value is -0.870. The Balaban J connectivity index is 1.95. The summed E-state index contributed by atoms with van der Waals surface area (Å²) in [7, 11) is 0. The maximum absolute atomic E-state index is 5.26. The van der Waals surface area contributed by atoms with E-state index in [0.717, 1.165) is 44.1 Å². The van der Waals surface area contributed by atoms with Gasteiger partial charge in [0.2, 0.25) is 0 Å². The van der Waals surface area contributed by atoms with Gasteiger partial charge >= 0.3 is 0 Å². The van der Waals surface area contributed by atoms with Crippen LogP contribution in [0.2, 0.25) is 0 Å². The summed E-state index contributed by atoms with van der Waals surface area (Å²) in [6, 6.07) is 2.02. The van der Waals surface area contributed by atoms with Gasteiger partial charge in [0.05, 0.1) is 12.2 Å². The van der Waals surface area contributed by atoms with Crippen molar-refractivity contribution in [1.82, 2.24) is 15.4 Å². The molecule has 1 aromatic heterocycles. The normalized spacial score (nSPS) is 27.2. The van der Waals surface area contributed by atoms with Crippen LogP contribution >= 0.6 is 0 Å². The molecular formula is C12H21N3O. The Morgan fingerprint density at radius 2 is 2.44 bits per heavy atom. The maximum atomic E-state index is 5.26. The first-order chi connectivity index (χ1) is 7.61. The minimum absolute atomic E-state index is 0.243. The van der Waals surface area contributed by atoms with Crippen molar-refractivity contribution in [2.45, 2.75) is 39.3 Å². The molecule has 0 saturated carbocycles. The highest BCUT2D eigenvalue weighted by Gasteiger charge is 2.28. The molecule has 1 N–H and O–H groups in total. The number of hydrogen-bond acceptors (Lipinski definition) is 4. The summed E-state index contributed by atoms with van der Waals surface area (Å²) in [5.74, 6) is 0.970. The van der Waals surface area contributed by atoms with Crippen LogP contribution in [0.25, 0.3) is 0 Å². The zero-order valence-electron chi connectivity index (χ0n) is 10.4. The molecule has 1 unspecified atom stereocenters. The Morgan fingerprint density at radius 1 is 1.62 bits per heavy atom. The summed E-state index contributed by atoms with van der Waals surface area (Å²) in [6.07, 6.45) is 1.15. The van der Waals surface area contributed by atoms with Gasteiger partial charge in [-0.3, -0.25) is 4.90 Å². The van der Waals surface area contributed by atoms with Gasteiger partial charge in [0.15, 0.2) is 5.76 Å². The smallest absolute Gasteiger partial charge is 0.150 e. The highest BCUT2D eigenvalue weighted by Crippen LogP contribution is 2.17. The van der Waals surface area contributed by atoms with E-state index < -0.39 is 0 Å². The predicted octanol–water partition coefficient (Wildman–Crippen LogP) is 1.56. The molecule has 4 nitrogen and oxygen atoms in total. The largest absolute Gasteiger partial charge is 0.360 e. The molecule has 0 amide bonds. The number of nitrogens with one attached hydrogen (secondary N) is 1. The number of rotatable bonds is 3. The first kappa shape index (κ1) is 11.6. The molecule has 90 valence electrons. The third-order valence-corrected chi connectivity index (χ3v) is 3.39. The molecule has 2 rings (SSSR count). The maximum Gasteiger partial charge on any atom is 0.150 e. The molecule has 0 aromatic carbocycles. The van der Waals surface area contributed by atoms with Crippen molar-refractivity contribution in [2.75, 3.05) is 19.6 Å². The Bertz CT molecular complexity index is 350. The molecule has 4 heteroatoms. The fraction of sp³-hybridized carbons (Fsp3) is 0.750. The van der Waals surface area contributed by atoms with E-state index in [-0.39, 0.29) is 5.54 Å². The average Bonchev–Trinajstić information content (AvgIpc) is 2.64. The van der Waals surface area contributed by atoms with Gasteiger partial charge in [-0.25, -0.2) is 0 Å². The van der Waals surface area contributed by atoms with Crippen molar-refractivity contribution in [3.8, 4) is 0 Å². The van der Waals surface area contributed by atoms with E-state index in [9.17, 15) is 0 Å². The molecule has 1 atom stereocenters. The second-order valence-electron chi connectivity index (χ2n) is 4.99. The van der Waals surface area contributed by atoms with Crippen LogP contribution < -0.4 is 5.32 Å². The molecule has 0 radical (unpaired) electrons. The van der Waals surface area contributed by atoms with Gasteiger partial charge in [0.1, 0.15) is 0 Å². The molecule has 1 aromatic rings. The Labute approximate surface area is 97.0 Å². The van der Waals surface area contributed by atoms with E-state index >= 15 is 0 Å². The topological polar surface area (TPSA) is 41.3 Å². The summed E-state index contributed by atoms with van der Waals surface area (Å²) in [4.78, 5) is 2.43. The van der Waals surface area contributed by atoms with Gasteiger partial charge in [-0.2, -0.15) is 0 Å². The number of aryl methyl sites for hydroxylation is 1. The SMILES string of the molecule is CCC1(C)CN(Cc2cc(C)no2)CCN1. The van der Waals surface area contributed by atoms with Crippen LogP contribution in [0.4, 0.5) is 0 Å². The summed E-state index contributed by atoms with van der Waals surface area (Å²) < 4.78 is 5.26. The van der Waals surface area contributed by atoms with Crippen LogP contribution in [0.3, 0.4) is 0 Å². The highest BCUT2D eigenvalue weighted by molar-refractivity contribution is 5.03. The molecule has 0 bridgehead atoms. The molecule has 1 aliphatic rings. The highest BCUT2D eigenvalue weighted by atomic mass is 16.5. The molecule has 2 heterocycles. The van der Waals surface area contributed by atoms with E-state index in [1.807, 2.05) is 13.0 Å².